The highest BCUT2D eigenvalue weighted by molar-refractivity contribution is 7.89. The fraction of sp³-hybridized carbons (Fsp3) is 0.316. The lowest BCUT2D eigenvalue weighted by atomic mass is 10.1. The van der Waals surface area contributed by atoms with Gasteiger partial charge in [0.05, 0.1) is 24.2 Å². The van der Waals surface area contributed by atoms with Gasteiger partial charge in [0.1, 0.15) is 0 Å². The summed E-state index contributed by atoms with van der Waals surface area (Å²) in [5.74, 6) is -0.361. The number of anilines is 1. The van der Waals surface area contributed by atoms with E-state index in [0.29, 0.717) is 38.4 Å². The first kappa shape index (κ1) is 22.3. The second-order valence-electron chi connectivity index (χ2n) is 6.33. The summed E-state index contributed by atoms with van der Waals surface area (Å²) in [7, 11) is -3.62. The Morgan fingerprint density at radius 2 is 1.79 bits per heavy atom. The van der Waals surface area contributed by atoms with E-state index in [4.69, 9.17) is 10.5 Å². The molecule has 3 N–H and O–H groups in total. The maximum Gasteiger partial charge on any atom is 0.243 e. The number of benzene rings is 2. The maximum atomic E-state index is 12.7. The van der Waals surface area contributed by atoms with Gasteiger partial charge in [-0.25, -0.2) is 8.42 Å². The highest BCUT2D eigenvalue weighted by Gasteiger charge is 2.26. The van der Waals surface area contributed by atoms with Crippen LogP contribution in [0.2, 0.25) is 0 Å². The Hall–Kier alpha value is -1.97. The number of nitrogens with one attached hydrogen (secondary N) is 1. The summed E-state index contributed by atoms with van der Waals surface area (Å²) in [4.78, 5) is 12.5. The summed E-state index contributed by atoms with van der Waals surface area (Å²) in [6.45, 7) is 1.40. The van der Waals surface area contributed by atoms with Gasteiger partial charge in [0.25, 0.3) is 0 Å². The van der Waals surface area contributed by atoms with Crippen molar-refractivity contribution in [1.82, 2.24) is 4.31 Å². The topological polar surface area (TPSA) is 102 Å². The fourth-order valence-electron chi connectivity index (χ4n) is 2.87. The van der Waals surface area contributed by atoms with Crippen LogP contribution >= 0.6 is 12.4 Å². The zero-order chi connectivity index (χ0) is 19.3. The molecule has 0 radical (unpaired) electrons. The molecule has 0 unspecified atom stereocenters. The smallest absolute Gasteiger partial charge is 0.243 e. The predicted octanol–water partition coefficient (Wildman–Crippen LogP) is 1.64. The third-order valence-corrected chi connectivity index (χ3v) is 6.24. The Morgan fingerprint density at radius 1 is 1.11 bits per heavy atom. The van der Waals surface area contributed by atoms with Gasteiger partial charge in [-0.2, -0.15) is 4.31 Å². The van der Waals surface area contributed by atoms with Crippen LogP contribution in [0.25, 0.3) is 0 Å². The maximum absolute atomic E-state index is 12.7. The molecule has 1 fully saturated rings. The van der Waals surface area contributed by atoms with E-state index in [-0.39, 0.29) is 23.2 Å². The molecule has 0 saturated carbocycles. The van der Waals surface area contributed by atoms with Crippen molar-refractivity contribution >= 4 is 34.0 Å². The monoisotopic (exact) mass is 425 g/mol. The number of ether oxygens (including phenoxy) is 1. The molecule has 1 aliphatic heterocycles. The fourth-order valence-corrected chi connectivity index (χ4v) is 4.32. The van der Waals surface area contributed by atoms with E-state index in [2.05, 4.69) is 5.32 Å². The molecular formula is C19H24ClN3O4S. The number of nitrogens with two attached hydrogens (primary N) is 1. The number of hydrogen-bond donors (Lipinski definition) is 2. The van der Waals surface area contributed by atoms with Crippen LogP contribution in [-0.2, 0) is 26.0 Å². The molecule has 1 aliphatic rings. The van der Waals surface area contributed by atoms with Gasteiger partial charge in [0.2, 0.25) is 15.9 Å². The Morgan fingerprint density at radius 3 is 2.46 bits per heavy atom. The van der Waals surface area contributed by atoms with E-state index in [9.17, 15) is 13.2 Å². The zero-order valence-electron chi connectivity index (χ0n) is 15.3. The number of rotatable bonds is 6. The molecule has 0 bridgehead atoms. The number of hydrogen-bond acceptors (Lipinski definition) is 5. The third kappa shape index (κ3) is 5.52. The Balaban J connectivity index is 0.00000280. The lowest BCUT2D eigenvalue weighted by Gasteiger charge is -2.26. The van der Waals surface area contributed by atoms with Crippen LogP contribution < -0.4 is 11.1 Å². The van der Waals surface area contributed by atoms with Crippen molar-refractivity contribution in [2.75, 3.05) is 31.6 Å². The average Bonchev–Trinajstić information content (AvgIpc) is 2.69. The quantitative estimate of drug-likeness (QED) is 0.732. The van der Waals surface area contributed by atoms with E-state index < -0.39 is 16.1 Å². The summed E-state index contributed by atoms with van der Waals surface area (Å²) in [6.07, 6.45) is 0.401. The minimum Gasteiger partial charge on any atom is -0.379 e. The van der Waals surface area contributed by atoms with Gasteiger partial charge in [0.15, 0.2) is 0 Å². The van der Waals surface area contributed by atoms with Gasteiger partial charge in [-0.1, -0.05) is 36.4 Å². The van der Waals surface area contributed by atoms with Crippen molar-refractivity contribution in [2.24, 2.45) is 5.73 Å². The number of carbonyl (C=O) groups is 1. The standard InChI is InChI=1S/C19H23N3O4S.ClH/c20-18(13-15-5-2-1-3-6-15)19(23)21-16-7-4-8-17(14-16)27(24,25)22-9-11-26-12-10-22;/h1-8,14,18H,9-13,20H2,(H,21,23);1H/t18-;/m0./s1. The first-order chi connectivity index (χ1) is 13.0. The Bertz CT molecular complexity index is 887. The van der Waals surface area contributed by atoms with Crippen LogP contribution in [0.15, 0.2) is 59.5 Å². The Kier molecular flexibility index (Phi) is 7.97. The van der Waals surface area contributed by atoms with Gasteiger partial charge in [-0.15, -0.1) is 12.4 Å². The van der Waals surface area contributed by atoms with Crippen molar-refractivity contribution in [3.05, 3.63) is 60.2 Å². The van der Waals surface area contributed by atoms with Crippen molar-refractivity contribution in [2.45, 2.75) is 17.4 Å². The summed E-state index contributed by atoms with van der Waals surface area (Å²) >= 11 is 0. The van der Waals surface area contributed by atoms with Crippen molar-refractivity contribution in [3.63, 3.8) is 0 Å². The van der Waals surface area contributed by atoms with Gasteiger partial charge in [-0.05, 0) is 30.2 Å². The van der Waals surface area contributed by atoms with Crippen molar-refractivity contribution in [3.8, 4) is 0 Å². The first-order valence-electron chi connectivity index (χ1n) is 8.75. The number of sulfonamides is 1. The number of morpholine rings is 1. The van der Waals surface area contributed by atoms with Crippen molar-refractivity contribution < 1.29 is 17.9 Å². The van der Waals surface area contributed by atoms with Crippen LogP contribution in [0.4, 0.5) is 5.69 Å². The molecule has 0 aromatic heterocycles. The highest BCUT2D eigenvalue weighted by atomic mass is 35.5. The molecule has 7 nitrogen and oxygen atoms in total. The molecular weight excluding hydrogens is 402 g/mol. The van der Waals surface area contributed by atoms with E-state index in [1.807, 2.05) is 30.3 Å². The molecule has 0 spiro atoms. The molecule has 0 aliphatic carbocycles. The second kappa shape index (κ2) is 9.99. The first-order valence-corrected chi connectivity index (χ1v) is 10.2. The minimum atomic E-state index is -3.62. The Labute approximate surface area is 171 Å². The number of nitrogens with zero attached hydrogens (tertiary/aromatic N) is 1. The third-order valence-electron chi connectivity index (χ3n) is 4.34. The van der Waals surface area contributed by atoms with Crippen LogP contribution in [0.3, 0.4) is 0 Å². The molecule has 1 saturated heterocycles. The SMILES string of the molecule is Cl.N[C@@H](Cc1ccccc1)C(=O)Nc1cccc(S(=O)(=O)N2CCOCC2)c1. The molecule has 2 aromatic carbocycles. The molecule has 1 atom stereocenters. The summed E-state index contributed by atoms with van der Waals surface area (Å²) in [6, 6.07) is 15.0. The van der Waals surface area contributed by atoms with Crippen molar-refractivity contribution in [1.29, 1.82) is 0 Å². The number of halogens is 1. The summed E-state index contributed by atoms with van der Waals surface area (Å²) in [5.41, 5.74) is 7.35. The number of amides is 1. The van der Waals surface area contributed by atoms with E-state index in [0.717, 1.165) is 5.56 Å². The van der Waals surface area contributed by atoms with Gasteiger partial charge in [-0.3, -0.25) is 4.79 Å². The molecule has 152 valence electrons. The molecule has 1 heterocycles. The predicted molar refractivity (Wildman–Crippen MR) is 110 cm³/mol. The summed E-state index contributed by atoms with van der Waals surface area (Å²) in [5, 5.41) is 2.71. The van der Waals surface area contributed by atoms with Crippen LogP contribution in [0.5, 0.6) is 0 Å². The normalized spacial score (nSPS) is 16.0. The molecule has 9 heteroatoms. The molecule has 2 aromatic rings. The van der Waals surface area contributed by atoms with Crippen LogP contribution in [0, 0.1) is 0 Å². The van der Waals surface area contributed by atoms with Gasteiger partial charge >= 0.3 is 0 Å². The largest absolute Gasteiger partial charge is 0.379 e. The van der Waals surface area contributed by atoms with E-state index in [1.165, 1.54) is 16.4 Å². The molecule has 1 amide bonds. The zero-order valence-corrected chi connectivity index (χ0v) is 16.9. The molecule has 3 rings (SSSR count). The van der Waals surface area contributed by atoms with Gasteiger partial charge < -0.3 is 15.8 Å². The lowest BCUT2D eigenvalue weighted by Crippen LogP contribution is -2.40. The average molecular weight is 426 g/mol. The second-order valence-corrected chi connectivity index (χ2v) is 8.27. The van der Waals surface area contributed by atoms with Gasteiger partial charge in [0, 0.05) is 18.8 Å². The highest BCUT2D eigenvalue weighted by Crippen LogP contribution is 2.20. The lowest BCUT2D eigenvalue weighted by molar-refractivity contribution is -0.117. The van der Waals surface area contributed by atoms with E-state index >= 15 is 0 Å². The van der Waals surface area contributed by atoms with E-state index in [1.54, 1.807) is 12.1 Å². The summed E-state index contributed by atoms with van der Waals surface area (Å²) < 4.78 is 32.1. The minimum absolute atomic E-state index is 0. The molecule has 28 heavy (non-hydrogen) atoms. The van der Waals surface area contributed by atoms with Crippen LogP contribution in [-0.4, -0.2) is 51.0 Å². The number of carbonyl (C=O) groups excluding carboxylic acids is 1. The van der Waals surface area contributed by atoms with Crippen LogP contribution in [0.1, 0.15) is 5.56 Å².